The van der Waals surface area contributed by atoms with Crippen LogP contribution in [0.1, 0.15) is 0 Å². The molecule has 6 nitrogen and oxygen atoms in total. The predicted molar refractivity (Wildman–Crippen MR) is 200 cm³/mol. The number of thiophene rings is 1. The molecule has 5 heterocycles. The molecule has 10 rings (SSSR count). The highest BCUT2D eigenvalue weighted by Gasteiger charge is 2.19. The van der Waals surface area contributed by atoms with Crippen LogP contribution < -0.4 is 0 Å². The summed E-state index contributed by atoms with van der Waals surface area (Å²) in [5.41, 5.74) is 6.87. The number of hydrogen-bond acceptors (Lipinski definition) is 7. The maximum atomic E-state index is 5.20. The van der Waals surface area contributed by atoms with Gasteiger partial charge in [0.25, 0.3) is 0 Å². The molecule has 0 atom stereocenters. The standard InChI is InChI=1S/C42H24N6S/c1-5-16-33-25(9-1)20-23-35(44-33)42-47-40(46-41(48-42)32-15-7-14-30-29-12-4-6-17-36(29)49-39(30)32)31-13-3-2-11-28(31)34-22-21-27-19-18-26-10-8-24-43-37(26)38(27)45-34/h1-24H. The topological polar surface area (TPSA) is 77.3 Å². The molecule has 228 valence electrons. The number of aromatic nitrogens is 6. The van der Waals surface area contributed by atoms with E-state index in [9.17, 15) is 0 Å². The molecule has 7 heteroatoms. The molecule has 0 radical (unpaired) electrons. The highest BCUT2D eigenvalue weighted by molar-refractivity contribution is 7.26. The van der Waals surface area contributed by atoms with E-state index in [2.05, 4.69) is 102 Å². The van der Waals surface area contributed by atoms with Crippen molar-refractivity contribution in [3.8, 4) is 45.6 Å². The van der Waals surface area contributed by atoms with Crippen molar-refractivity contribution >= 4 is 64.2 Å². The number of benzene rings is 5. The first-order valence-corrected chi connectivity index (χ1v) is 16.9. The third-order valence-electron chi connectivity index (χ3n) is 8.98. The average molecular weight is 645 g/mol. The highest BCUT2D eigenvalue weighted by atomic mass is 32.1. The van der Waals surface area contributed by atoms with Gasteiger partial charge in [0.2, 0.25) is 0 Å². The molecule has 0 spiro atoms. The van der Waals surface area contributed by atoms with Crippen LogP contribution in [0.25, 0.3) is 98.4 Å². The summed E-state index contributed by atoms with van der Waals surface area (Å²) >= 11 is 1.76. The smallest absolute Gasteiger partial charge is 0.182 e. The van der Waals surface area contributed by atoms with E-state index < -0.39 is 0 Å². The predicted octanol–water partition coefficient (Wildman–Crippen LogP) is 10.6. The minimum Gasteiger partial charge on any atom is -0.254 e. The second-order valence-electron chi connectivity index (χ2n) is 11.9. The molecule has 0 saturated heterocycles. The van der Waals surface area contributed by atoms with E-state index in [1.54, 1.807) is 11.3 Å². The molecule has 0 unspecified atom stereocenters. The SMILES string of the molecule is c1ccc(-c2nc(-c3ccc4ccccc4n3)nc(-c3cccc4c3sc3ccccc34)n2)c(-c2ccc3ccc4cccnc4c3n2)c1. The first-order valence-electron chi connectivity index (χ1n) is 16.0. The van der Waals surface area contributed by atoms with Crippen molar-refractivity contribution in [1.82, 2.24) is 29.9 Å². The van der Waals surface area contributed by atoms with E-state index >= 15 is 0 Å². The fourth-order valence-corrected chi connectivity index (χ4v) is 7.83. The Morgan fingerprint density at radius 1 is 0.388 bits per heavy atom. The Hall–Kier alpha value is -6.44. The Kier molecular flexibility index (Phi) is 6.25. The summed E-state index contributed by atoms with van der Waals surface area (Å²) in [5.74, 6) is 1.67. The molecular weight excluding hydrogens is 621 g/mol. The van der Waals surface area contributed by atoms with E-state index in [-0.39, 0.29) is 0 Å². The van der Waals surface area contributed by atoms with Gasteiger partial charge >= 0.3 is 0 Å². The molecule has 0 saturated carbocycles. The molecule has 0 bridgehead atoms. The van der Waals surface area contributed by atoms with Crippen LogP contribution in [0.3, 0.4) is 0 Å². The number of fused-ring (bicyclic) bond motifs is 7. The molecule has 49 heavy (non-hydrogen) atoms. The van der Waals surface area contributed by atoms with Crippen molar-refractivity contribution in [1.29, 1.82) is 0 Å². The Bertz CT molecular complexity index is 2910. The maximum absolute atomic E-state index is 5.20. The zero-order valence-electron chi connectivity index (χ0n) is 25.9. The fraction of sp³-hybridized carbons (Fsp3) is 0. The fourth-order valence-electron chi connectivity index (χ4n) is 6.62. The minimum atomic E-state index is 0.514. The van der Waals surface area contributed by atoms with Crippen LogP contribution in [0.4, 0.5) is 0 Å². The molecule has 5 aromatic heterocycles. The van der Waals surface area contributed by atoms with Crippen LogP contribution in [0.5, 0.6) is 0 Å². The second-order valence-corrected chi connectivity index (χ2v) is 13.0. The lowest BCUT2D eigenvalue weighted by Gasteiger charge is -2.12. The molecule has 5 aromatic carbocycles. The molecule has 0 N–H and O–H groups in total. The van der Waals surface area contributed by atoms with Gasteiger partial charge in [-0.3, -0.25) is 4.98 Å². The zero-order chi connectivity index (χ0) is 32.3. The largest absolute Gasteiger partial charge is 0.254 e. The van der Waals surface area contributed by atoms with E-state index in [1.165, 1.54) is 15.5 Å². The summed E-state index contributed by atoms with van der Waals surface area (Å²) in [7, 11) is 0. The number of para-hydroxylation sites is 1. The summed E-state index contributed by atoms with van der Waals surface area (Å²) < 4.78 is 2.37. The van der Waals surface area contributed by atoms with Gasteiger partial charge in [-0.25, -0.2) is 24.9 Å². The van der Waals surface area contributed by atoms with Crippen molar-refractivity contribution in [2.75, 3.05) is 0 Å². The van der Waals surface area contributed by atoms with Crippen molar-refractivity contribution < 1.29 is 0 Å². The molecule has 0 aliphatic heterocycles. The molecule has 0 amide bonds. The van der Waals surface area contributed by atoms with Gasteiger partial charge in [0, 0.05) is 59.2 Å². The Morgan fingerprint density at radius 2 is 1.04 bits per heavy atom. The van der Waals surface area contributed by atoms with Crippen LogP contribution in [-0.2, 0) is 0 Å². The van der Waals surface area contributed by atoms with Gasteiger partial charge in [0.1, 0.15) is 5.69 Å². The maximum Gasteiger partial charge on any atom is 0.182 e. The number of pyridine rings is 3. The zero-order valence-corrected chi connectivity index (χ0v) is 26.8. The lowest BCUT2D eigenvalue weighted by Crippen LogP contribution is -2.02. The molecule has 0 aliphatic rings. The van der Waals surface area contributed by atoms with Crippen LogP contribution in [0.15, 0.2) is 146 Å². The van der Waals surface area contributed by atoms with Gasteiger partial charge in [-0.05, 0) is 36.4 Å². The summed E-state index contributed by atoms with van der Waals surface area (Å²) in [6.45, 7) is 0. The van der Waals surface area contributed by atoms with Crippen molar-refractivity contribution in [3.05, 3.63) is 146 Å². The van der Waals surface area contributed by atoms with E-state index in [0.717, 1.165) is 59.8 Å². The minimum absolute atomic E-state index is 0.514. The van der Waals surface area contributed by atoms with Gasteiger partial charge in [-0.15, -0.1) is 11.3 Å². The lowest BCUT2D eigenvalue weighted by atomic mass is 10.0. The molecular formula is C42H24N6S. The average Bonchev–Trinajstić information content (AvgIpc) is 3.56. The quantitative estimate of drug-likeness (QED) is 0.177. The van der Waals surface area contributed by atoms with Gasteiger partial charge < -0.3 is 0 Å². The van der Waals surface area contributed by atoms with Crippen molar-refractivity contribution in [3.63, 3.8) is 0 Å². The van der Waals surface area contributed by atoms with Gasteiger partial charge in [0.05, 0.1) is 22.2 Å². The van der Waals surface area contributed by atoms with Crippen LogP contribution >= 0.6 is 11.3 Å². The third kappa shape index (κ3) is 4.63. The van der Waals surface area contributed by atoms with Gasteiger partial charge in [-0.2, -0.15) is 0 Å². The highest BCUT2D eigenvalue weighted by Crippen LogP contribution is 2.40. The summed E-state index contributed by atoms with van der Waals surface area (Å²) in [4.78, 5) is 30.2. The summed E-state index contributed by atoms with van der Waals surface area (Å²) in [6.07, 6.45) is 1.82. The molecule has 10 aromatic rings. The molecule has 0 aliphatic carbocycles. The van der Waals surface area contributed by atoms with Crippen LogP contribution in [-0.4, -0.2) is 29.9 Å². The second kappa shape index (κ2) is 11.1. The lowest BCUT2D eigenvalue weighted by molar-refractivity contribution is 1.06. The van der Waals surface area contributed by atoms with Gasteiger partial charge in [-0.1, -0.05) is 103 Å². The van der Waals surface area contributed by atoms with Crippen LogP contribution in [0.2, 0.25) is 0 Å². The molecule has 0 fully saturated rings. The number of nitrogens with zero attached hydrogens (tertiary/aromatic N) is 6. The first kappa shape index (κ1) is 27.7. The normalized spacial score (nSPS) is 11.7. The summed E-state index contributed by atoms with van der Waals surface area (Å²) in [5, 5.41) is 5.57. The van der Waals surface area contributed by atoms with E-state index in [1.807, 2.05) is 48.7 Å². The Morgan fingerprint density at radius 3 is 1.98 bits per heavy atom. The monoisotopic (exact) mass is 644 g/mol. The Balaban J connectivity index is 1.22. The summed E-state index contributed by atoms with van der Waals surface area (Å²) in [6, 6.07) is 47.5. The van der Waals surface area contributed by atoms with Crippen molar-refractivity contribution in [2.24, 2.45) is 0 Å². The third-order valence-corrected chi connectivity index (χ3v) is 10.2. The van der Waals surface area contributed by atoms with E-state index in [0.29, 0.717) is 23.2 Å². The van der Waals surface area contributed by atoms with Crippen molar-refractivity contribution in [2.45, 2.75) is 0 Å². The van der Waals surface area contributed by atoms with E-state index in [4.69, 9.17) is 24.9 Å². The number of hydrogen-bond donors (Lipinski definition) is 0. The van der Waals surface area contributed by atoms with Crippen LogP contribution in [0, 0.1) is 0 Å². The Labute approximate surface area is 284 Å². The van der Waals surface area contributed by atoms with Gasteiger partial charge in [0.15, 0.2) is 17.5 Å². The first-order chi connectivity index (χ1) is 24.3. The number of rotatable bonds is 4.